The highest BCUT2D eigenvalue weighted by Crippen LogP contribution is 2.45. The molecule has 0 aromatic carbocycles. The average molecular weight is 255 g/mol. The van der Waals surface area contributed by atoms with Crippen LogP contribution in [0.5, 0.6) is 0 Å². The second-order valence-corrected chi connectivity index (χ2v) is 6.66. The van der Waals surface area contributed by atoms with Crippen molar-refractivity contribution < 1.29 is 17.9 Å². The highest BCUT2D eigenvalue weighted by molar-refractivity contribution is 7.91. The SMILES string of the molecule is CS(=O)(=O)C1COC2(CCc3ccncc32)O1. The molecule has 1 aromatic rings. The summed E-state index contributed by atoms with van der Waals surface area (Å²) in [6.07, 6.45) is 6.07. The van der Waals surface area contributed by atoms with Gasteiger partial charge in [0.1, 0.15) is 0 Å². The number of fused-ring (bicyclic) bond motifs is 2. The Morgan fingerprint density at radius 2 is 2.35 bits per heavy atom. The van der Waals surface area contributed by atoms with Gasteiger partial charge in [-0.25, -0.2) is 8.42 Å². The van der Waals surface area contributed by atoms with E-state index in [1.165, 1.54) is 6.26 Å². The number of hydrogen-bond acceptors (Lipinski definition) is 5. The van der Waals surface area contributed by atoms with Crippen molar-refractivity contribution in [2.45, 2.75) is 24.1 Å². The zero-order chi connectivity index (χ0) is 12.1. The zero-order valence-electron chi connectivity index (χ0n) is 9.42. The summed E-state index contributed by atoms with van der Waals surface area (Å²) in [4.78, 5) is 4.05. The molecule has 5 nitrogen and oxygen atoms in total. The lowest BCUT2D eigenvalue weighted by Crippen LogP contribution is -2.28. The number of sulfone groups is 1. The van der Waals surface area contributed by atoms with E-state index < -0.39 is 21.1 Å². The molecule has 1 fully saturated rings. The van der Waals surface area contributed by atoms with E-state index in [9.17, 15) is 8.42 Å². The number of nitrogens with zero attached hydrogens (tertiary/aromatic N) is 1. The molecule has 3 rings (SSSR count). The number of aromatic nitrogens is 1. The first-order chi connectivity index (χ1) is 8.01. The largest absolute Gasteiger partial charge is 0.342 e. The molecule has 6 heteroatoms. The van der Waals surface area contributed by atoms with E-state index >= 15 is 0 Å². The molecule has 1 saturated heterocycles. The number of ether oxygens (including phenoxy) is 2. The lowest BCUT2D eigenvalue weighted by Gasteiger charge is -2.22. The zero-order valence-corrected chi connectivity index (χ0v) is 10.2. The second-order valence-electron chi connectivity index (χ2n) is 4.47. The van der Waals surface area contributed by atoms with Crippen LogP contribution in [0.4, 0.5) is 0 Å². The molecule has 17 heavy (non-hydrogen) atoms. The first-order valence-electron chi connectivity index (χ1n) is 5.45. The van der Waals surface area contributed by atoms with Crippen LogP contribution >= 0.6 is 0 Å². The maximum atomic E-state index is 11.5. The van der Waals surface area contributed by atoms with Crippen LogP contribution in [-0.4, -0.2) is 31.7 Å². The normalized spacial score (nSPS) is 31.9. The summed E-state index contributed by atoms with van der Waals surface area (Å²) in [5.74, 6) is -0.892. The van der Waals surface area contributed by atoms with Gasteiger partial charge >= 0.3 is 0 Å². The minimum Gasteiger partial charge on any atom is -0.342 e. The molecule has 92 valence electrons. The summed E-state index contributed by atoms with van der Waals surface area (Å²) in [7, 11) is -3.24. The van der Waals surface area contributed by atoms with Gasteiger partial charge in [-0.3, -0.25) is 4.98 Å². The van der Waals surface area contributed by atoms with Gasteiger partial charge in [0.15, 0.2) is 21.1 Å². The highest BCUT2D eigenvalue weighted by Gasteiger charge is 2.50. The van der Waals surface area contributed by atoms with Gasteiger partial charge in [0.2, 0.25) is 0 Å². The predicted octanol–water partition coefficient (Wildman–Crippen LogP) is 0.598. The average Bonchev–Trinajstić information content (AvgIpc) is 2.86. The highest BCUT2D eigenvalue weighted by atomic mass is 32.2. The van der Waals surface area contributed by atoms with Crippen LogP contribution in [0.25, 0.3) is 0 Å². The third kappa shape index (κ3) is 1.67. The van der Waals surface area contributed by atoms with Crippen LogP contribution in [-0.2, 0) is 31.5 Å². The summed E-state index contributed by atoms with van der Waals surface area (Å²) < 4.78 is 34.2. The molecule has 2 aliphatic rings. The van der Waals surface area contributed by atoms with E-state index in [0.717, 1.165) is 17.5 Å². The summed E-state index contributed by atoms with van der Waals surface area (Å²) in [5.41, 5.74) is 1.12. The van der Waals surface area contributed by atoms with Crippen molar-refractivity contribution in [1.29, 1.82) is 0 Å². The van der Waals surface area contributed by atoms with Gasteiger partial charge in [0.05, 0.1) is 6.61 Å². The Morgan fingerprint density at radius 1 is 1.53 bits per heavy atom. The Morgan fingerprint density at radius 3 is 3.06 bits per heavy atom. The fourth-order valence-corrected chi connectivity index (χ4v) is 3.03. The molecule has 2 atom stereocenters. The maximum absolute atomic E-state index is 11.5. The first kappa shape index (κ1) is 11.1. The van der Waals surface area contributed by atoms with E-state index in [1.807, 2.05) is 6.07 Å². The quantitative estimate of drug-likeness (QED) is 0.735. The molecule has 1 aliphatic heterocycles. The van der Waals surface area contributed by atoms with E-state index in [1.54, 1.807) is 12.4 Å². The number of hydrogen-bond donors (Lipinski definition) is 0. The minimum atomic E-state index is -3.24. The van der Waals surface area contributed by atoms with Gasteiger partial charge in [-0.2, -0.15) is 0 Å². The lowest BCUT2D eigenvalue weighted by atomic mass is 10.1. The number of rotatable bonds is 1. The van der Waals surface area contributed by atoms with E-state index in [-0.39, 0.29) is 6.61 Å². The molecular weight excluding hydrogens is 242 g/mol. The fourth-order valence-electron chi connectivity index (χ4n) is 2.38. The van der Waals surface area contributed by atoms with Crippen LogP contribution < -0.4 is 0 Å². The molecular formula is C11H13NO4S. The molecule has 0 saturated carbocycles. The van der Waals surface area contributed by atoms with Gasteiger partial charge in [-0.15, -0.1) is 0 Å². The molecule has 1 aliphatic carbocycles. The molecule has 1 aromatic heterocycles. The third-order valence-electron chi connectivity index (χ3n) is 3.30. The molecule has 2 unspecified atom stereocenters. The summed E-state index contributed by atoms with van der Waals surface area (Å²) in [6, 6.07) is 1.92. The van der Waals surface area contributed by atoms with Crippen LogP contribution in [0.1, 0.15) is 17.5 Å². The van der Waals surface area contributed by atoms with E-state index in [4.69, 9.17) is 9.47 Å². The summed E-state index contributed by atoms with van der Waals surface area (Å²) >= 11 is 0. The molecule has 1 spiro atoms. The lowest BCUT2D eigenvalue weighted by molar-refractivity contribution is -0.167. The van der Waals surface area contributed by atoms with Crippen molar-refractivity contribution in [2.24, 2.45) is 0 Å². The van der Waals surface area contributed by atoms with Crippen molar-refractivity contribution >= 4 is 9.84 Å². The van der Waals surface area contributed by atoms with Crippen LogP contribution in [0.15, 0.2) is 18.5 Å². The summed E-state index contributed by atoms with van der Waals surface area (Å²) in [6.45, 7) is 0.0904. The smallest absolute Gasteiger partial charge is 0.198 e. The number of pyridine rings is 1. The fraction of sp³-hybridized carbons (Fsp3) is 0.545. The standard InChI is InChI=1S/C11H13NO4S/c1-17(13,14)10-7-15-11(16-10)4-2-8-3-5-12-6-9(8)11/h3,5-6,10H,2,4,7H2,1H3. The van der Waals surface area contributed by atoms with Gasteiger partial charge in [0.25, 0.3) is 0 Å². The van der Waals surface area contributed by atoms with Gasteiger partial charge in [0, 0.05) is 30.6 Å². The molecule has 0 N–H and O–H groups in total. The maximum Gasteiger partial charge on any atom is 0.198 e. The Bertz CT molecular complexity index is 556. The van der Waals surface area contributed by atoms with Crippen LogP contribution in [0.2, 0.25) is 0 Å². The van der Waals surface area contributed by atoms with Crippen molar-refractivity contribution in [3.8, 4) is 0 Å². The van der Waals surface area contributed by atoms with Crippen LogP contribution in [0.3, 0.4) is 0 Å². The topological polar surface area (TPSA) is 65.5 Å². The monoisotopic (exact) mass is 255 g/mol. The Labute approximate surface area is 99.7 Å². The minimum absolute atomic E-state index is 0.0904. The Balaban J connectivity index is 1.97. The third-order valence-corrected chi connectivity index (χ3v) is 4.48. The Kier molecular flexibility index (Phi) is 2.30. The van der Waals surface area contributed by atoms with Crippen molar-refractivity contribution in [2.75, 3.05) is 12.9 Å². The van der Waals surface area contributed by atoms with E-state index in [2.05, 4.69) is 4.98 Å². The Hall–Kier alpha value is -0.980. The molecule has 2 heterocycles. The van der Waals surface area contributed by atoms with Crippen molar-refractivity contribution in [3.63, 3.8) is 0 Å². The first-order valence-corrected chi connectivity index (χ1v) is 7.41. The molecule has 0 bridgehead atoms. The van der Waals surface area contributed by atoms with Gasteiger partial charge < -0.3 is 9.47 Å². The van der Waals surface area contributed by atoms with E-state index in [0.29, 0.717) is 6.42 Å². The van der Waals surface area contributed by atoms with Crippen LogP contribution in [0, 0.1) is 0 Å². The second kappa shape index (κ2) is 3.51. The van der Waals surface area contributed by atoms with Gasteiger partial charge in [-0.1, -0.05) is 0 Å². The molecule has 0 amide bonds. The van der Waals surface area contributed by atoms with Gasteiger partial charge in [-0.05, 0) is 18.1 Å². The molecule has 0 radical (unpaired) electrons. The number of aryl methyl sites for hydroxylation is 1. The van der Waals surface area contributed by atoms with Crippen molar-refractivity contribution in [3.05, 3.63) is 29.6 Å². The summed E-state index contributed by atoms with van der Waals surface area (Å²) in [5, 5.41) is 0. The predicted molar refractivity (Wildman–Crippen MR) is 59.9 cm³/mol. The van der Waals surface area contributed by atoms with Crippen molar-refractivity contribution in [1.82, 2.24) is 4.98 Å².